The lowest BCUT2D eigenvalue weighted by molar-refractivity contribution is 0.601. The Hall–Kier alpha value is -1.60. The zero-order chi connectivity index (χ0) is 15.5. The number of nitrogens with one attached hydrogen (secondary N) is 2. The number of nitrogens with zero attached hydrogens (tertiary/aromatic N) is 1. The fraction of sp³-hybridized carbons (Fsp3) is 0.214. The van der Waals surface area contributed by atoms with E-state index in [1.54, 1.807) is 31.4 Å². The molecule has 112 valence electrons. The van der Waals surface area contributed by atoms with Crippen molar-refractivity contribution in [1.29, 1.82) is 0 Å². The van der Waals surface area contributed by atoms with E-state index in [0.717, 1.165) is 16.5 Å². The van der Waals surface area contributed by atoms with Crippen molar-refractivity contribution in [1.82, 2.24) is 4.98 Å². The van der Waals surface area contributed by atoms with E-state index < -0.39 is 10.0 Å². The molecule has 5 nitrogen and oxygen atoms in total. The third-order valence-corrected chi connectivity index (χ3v) is 4.88. The van der Waals surface area contributed by atoms with Crippen LogP contribution in [-0.4, -0.2) is 20.4 Å². The molecule has 1 aromatic carbocycles. The van der Waals surface area contributed by atoms with Crippen LogP contribution >= 0.6 is 15.9 Å². The van der Waals surface area contributed by atoms with E-state index in [1.165, 1.54) is 6.07 Å². The Kier molecular flexibility index (Phi) is 4.84. The molecule has 0 aliphatic carbocycles. The molecule has 21 heavy (non-hydrogen) atoms. The van der Waals surface area contributed by atoms with Gasteiger partial charge >= 0.3 is 0 Å². The zero-order valence-electron chi connectivity index (χ0n) is 11.7. The standard InChI is InChI=1S/C14H16BrN3O2S/c1-3-10-9-11(15)6-7-12(10)18-21(19,20)13-5-4-8-17-14(13)16-2/h4-9,18H,3H2,1-2H3,(H,16,17). The summed E-state index contributed by atoms with van der Waals surface area (Å²) in [6.07, 6.45) is 2.27. The summed E-state index contributed by atoms with van der Waals surface area (Å²) in [5, 5.41) is 2.79. The smallest absolute Gasteiger partial charge is 0.265 e. The number of hydrogen-bond donors (Lipinski definition) is 2. The molecule has 0 aliphatic rings. The van der Waals surface area contributed by atoms with Gasteiger partial charge in [0, 0.05) is 17.7 Å². The summed E-state index contributed by atoms with van der Waals surface area (Å²) < 4.78 is 28.6. The summed E-state index contributed by atoms with van der Waals surface area (Å²) >= 11 is 3.39. The first-order valence-corrected chi connectivity index (χ1v) is 8.69. The second kappa shape index (κ2) is 6.44. The van der Waals surface area contributed by atoms with Crippen LogP contribution in [0.25, 0.3) is 0 Å². The van der Waals surface area contributed by atoms with E-state index in [1.807, 2.05) is 13.0 Å². The van der Waals surface area contributed by atoms with Crippen LogP contribution in [0, 0.1) is 0 Å². The molecule has 1 aromatic heterocycles. The molecule has 0 saturated heterocycles. The SMILES string of the molecule is CCc1cc(Br)ccc1NS(=O)(=O)c1cccnc1NC. The number of sulfonamides is 1. The van der Waals surface area contributed by atoms with Gasteiger partial charge in [-0.05, 0) is 42.3 Å². The summed E-state index contributed by atoms with van der Waals surface area (Å²) in [6.45, 7) is 1.97. The first-order valence-electron chi connectivity index (χ1n) is 6.42. The largest absolute Gasteiger partial charge is 0.372 e. The number of halogens is 1. The van der Waals surface area contributed by atoms with Gasteiger partial charge in [-0.1, -0.05) is 22.9 Å². The summed E-state index contributed by atoms with van der Waals surface area (Å²) in [5.74, 6) is 0.320. The van der Waals surface area contributed by atoms with Crippen LogP contribution in [0.1, 0.15) is 12.5 Å². The molecule has 0 unspecified atom stereocenters. The monoisotopic (exact) mass is 369 g/mol. The molecule has 1 heterocycles. The topological polar surface area (TPSA) is 71.1 Å². The third-order valence-electron chi connectivity index (χ3n) is 2.99. The van der Waals surface area contributed by atoms with Gasteiger partial charge in [-0.25, -0.2) is 13.4 Å². The van der Waals surface area contributed by atoms with Crippen molar-refractivity contribution in [2.24, 2.45) is 0 Å². The first kappa shape index (κ1) is 15.8. The molecule has 2 N–H and O–H groups in total. The van der Waals surface area contributed by atoms with Crippen molar-refractivity contribution in [2.75, 3.05) is 17.1 Å². The van der Waals surface area contributed by atoms with Gasteiger partial charge in [-0.2, -0.15) is 0 Å². The highest BCUT2D eigenvalue weighted by atomic mass is 79.9. The maximum Gasteiger partial charge on any atom is 0.265 e. The average molecular weight is 370 g/mol. The Balaban J connectivity index is 2.42. The maximum atomic E-state index is 12.5. The Morgan fingerprint density at radius 3 is 2.71 bits per heavy atom. The van der Waals surface area contributed by atoms with Gasteiger partial charge in [0.25, 0.3) is 10.0 Å². The normalized spacial score (nSPS) is 11.2. The molecular formula is C14H16BrN3O2S. The van der Waals surface area contributed by atoms with E-state index >= 15 is 0 Å². The minimum Gasteiger partial charge on any atom is -0.372 e. The molecule has 0 radical (unpaired) electrons. The van der Waals surface area contributed by atoms with E-state index in [9.17, 15) is 8.42 Å². The minimum atomic E-state index is -3.69. The molecule has 2 aromatic rings. The number of benzene rings is 1. The van der Waals surface area contributed by atoms with Gasteiger partial charge in [0.2, 0.25) is 0 Å². The molecule has 0 fully saturated rings. The number of aryl methyl sites for hydroxylation is 1. The molecule has 0 aliphatic heterocycles. The Bertz CT molecular complexity index is 748. The second-order valence-electron chi connectivity index (χ2n) is 4.36. The Morgan fingerprint density at radius 2 is 2.05 bits per heavy atom. The summed E-state index contributed by atoms with van der Waals surface area (Å²) in [7, 11) is -2.05. The molecule has 0 saturated carbocycles. The van der Waals surface area contributed by atoms with Crippen LogP contribution in [-0.2, 0) is 16.4 Å². The highest BCUT2D eigenvalue weighted by molar-refractivity contribution is 9.10. The van der Waals surface area contributed by atoms with Crippen LogP contribution < -0.4 is 10.0 Å². The van der Waals surface area contributed by atoms with E-state index in [2.05, 4.69) is 31.0 Å². The van der Waals surface area contributed by atoms with Crippen LogP contribution in [0.3, 0.4) is 0 Å². The third kappa shape index (κ3) is 3.54. The molecule has 0 spiro atoms. The summed E-state index contributed by atoms with van der Waals surface area (Å²) in [5.41, 5.74) is 1.49. The van der Waals surface area contributed by atoms with Crippen molar-refractivity contribution in [3.8, 4) is 0 Å². The highest BCUT2D eigenvalue weighted by Crippen LogP contribution is 2.26. The van der Waals surface area contributed by atoms with Crippen LogP contribution in [0.5, 0.6) is 0 Å². The summed E-state index contributed by atoms with van der Waals surface area (Å²) in [4.78, 5) is 4.15. The fourth-order valence-corrected chi connectivity index (χ4v) is 3.62. The van der Waals surface area contributed by atoms with Crippen molar-refractivity contribution < 1.29 is 8.42 Å². The molecule has 0 bridgehead atoms. The van der Waals surface area contributed by atoms with E-state index in [0.29, 0.717) is 11.5 Å². The average Bonchev–Trinajstić information content (AvgIpc) is 2.48. The molecule has 2 rings (SSSR count). The van der Waals surface area contributed by atoms with Crippen LogP contribution in [0.2, 0.25) is 0 Å². The van der Waals surface area contributed by atoms with Gasteiger partial charge in [0.05, 0.1) is 5.69 Å². The lowest BCUT2D eigenvalue weighted by atomic mass is 10.1. The number of rotatable bonds is 5. The minimum absolute atomic E-state index is 0.123. The van der Waals surface area contributed by atoms with Crippen molar-refractivity contribution in [3.05, 3.63) is 46.6 Å². The van der Waals surface area contributed by atoms with Gasteiger partial charge in [-0.15, -0.1) is 0 Å². The highest BCUT2D eigenvalue weighted by Gasteiger charge is 2.20. The van der Waals surface area contributed by atoms with Crippen molar-refractivity contribution in [2.45, 2.75) is 18.2 Å². The lowest BCUT2D eigenvalue weighted by Gasteiger charge is -2.14. The predicted octanol–water partition coefficient (Wildman–Crippen LogP) is 3.25. The van der Waals surface area contributed by atoms with Crippen molar-refractivity contribution in [3.63, 3.8) is 0 Å². The van der Waals surface area contributed by atoms with Crippen LogP contribution in [0.4, 0.5) is 11.5 Å². The van der Waals surface area contributed by atoms with Gasteiger partial charge in [0.1, 0.15) is 10.7 Å². The Labute approximate surface area is 133 Å². The fourth-order valence-electron chi connectivity index (χ4n) is 1.95. The molecule has 0 atom stereocenters. The molecule has 7 heteroatoms. The number of pyridine rings is 1. The molecule has 0 amide bonds. The number of hydrogen-bond acceptors (Lipinski definition) is 4. The van der Waals surface area contributed by atoms with Crippen LogP contribution in [0.15, 0.2) is 45.9 Å². The first-order chi connectivity index (χ1) is 9.97. The van der Waals surface area contributed by atoms with Gasteiger partial charge < -0.3 is 5.32 Å². The second-order valence-corrected chi connectivity index (χ2v) is 6.93. The zero-order valence-corrected chi connectivity index (χ0v) is 14.1. The summed E-state index contributed by atoms with van der Waals surface area (Å²) in [6, 6.07) is 8.57. The van der Waals surface area contributed by atoms with Gasteiger partial charge in [-0.3, -0.25) is 4.72 Å². The lowest BCUT2D eigenvalue weighted by Crippen LogP contribution is -2.16. The number of aromatic nitrogens is 1. The quantitative estimate of drug-likeness (QED) is 0.848. The van der Waals surface area contributed by atoms with Crippen molar-refractivity contribution >= 4 is 37.5 Å². The van der Waals surface area contributed by atoms with Gasteiger partial charge in [0.15, 0.2) is 0 Å². The van der Waals surface area contributed by atoms with E-state index in [4.69, 9.17) is 0 Å². The maximum absolute atomic E-state index is 12.5. The van der Waals surface area contributed by atoms with E-state index in [-0.39, 0.29) is 4.90 Å². The number of anilines is 2. The predicted molar refractivity (Wildman–Crippen MR) is 88.1 cm³/mol. The Morgan fingerprint density at radius 1 is 1.29 bits per heavy atom. The molecular weight excluding hydrogens is 354 g/mol.